The van der Waals surface area contributed by atoms with Gasteiger partial charge in [0.1, 0.15) is 0 Å². The van der Waals surface area contributed by atoms with E-state index in [0.717, 1.165) is 67.5 Å². The van der Waals surface area contributed by atoms with E-state index in [1.54, 1.807) is 6.20 Å². The van der Waals surface area contributed by atoms with E-state index in [9.17, 15) is 34.8 Å². The number of nitrogens with one attached hydrogen (secondary N) is 1. The monoisotopic (exact) mass is 588 g/mol. The SMILES string of the molecule is Cc1c[nH+]cc(CC(=O)N2CCCC(C3CCN(C(=O)c4ccc5cccnc5c4)C3)C2)c1.F[P-](F)(F)(F)(F)F. The zero-order chi connectivity index (χ0) is 29.2. The summed E-state index contributed by atoms with van der Waals surface area (Å²) in [7, 11) is -10.7. The quantitative estimate of drug-likeness (QED) is 0.252. The Morgan fingerprint density at radius 1 is 0.950 bits per heavy atom. The van der Waals surface area contributed by atoms with E-state index in [1.165, 1.54) is 0 Å². The Bertz CT molecular complexity index is 1390. The molecule has 6 nitrogen and oxygen atoms in total. The van der Waals surface area contributed by atoms with E-state index < -0.39 is 7.81 Å². The molecule has 3 aromatic rings. The molecule has 13 heteroatoms. The van der Waals surface area contributed by atoms with Crippen LogP contribution in [0.4, 0.5) is 25.2 Å². The van der Waals surface area contributed by atoms with Gasteiger partial charge in [0.05, 0.1) is 11.9 Å². The number of likely N-dealkylation sites (tertiary alicyclic amines) is 2. The molecule has 0 radical (unpaired) electrons. The van der Waals surface area contributed by atoms with Gasteiger partial charge in [0.2, 0.25) is 5.91 Å². The second-order valence-corrected chi connectivity index (χ2v) is 12.4. The maximum atomic E-state index is 13.2. The average molecular weight is 589 g/mol. The Morgan fingerprint density at radius 3 is 2.38 bits per heavy atom. The molecule has 2 aromatic heterocycles. The number of carbonyl (C=O) groups is 2. The molecule has 1 N–H and O–H groups in total. The third-order valence-corrected chi connectivity index (χ3v) is 7.19. The summed E-state index contributed by atoms with van der Waals surface area (Å²) in [6.07, 6.45) is 9.23. The molecule has 2 saturated heterocycles. The summed E-state index contributed by atoms with van der Waals surface area (Å²) in [6, 6.07) is 11.8. The molecule has 1 aromatic carbocycles. The summed E-state index contributed by atoms with van der Waals surface area (Å²) >= 11 is 0. The fourth-order valence-corrected chi connectivity index (χ4v) is 5.40. The van der Waals surface area contributed by atoms with Gasteiger partial charge in [0, 0.05) is 54.5 Å². The van der Waals surface area contributed by atoms with Gasteiger partial charge in [-0.2, -0.15) is 0 Å². The van der Waals surface area contributed by atoms with Crippen molar-refractivity contribution in [1.29, 1.82) is 0 Å². The third kappa shape index (κ3) is 9.15. The van der Waals surface area contributed by atoms with Crippen LogP contribution in [0.25, 0.3) is 10.9 Å². The molecule has 4 heterocycles. The topological polar surface area (TPSA) is 67.7 Å². The van der Waals surface area contributed by atoms with Crippen molar-refractivity contribution in [2.24, 2.45) is 11.8 Å². The van der Waals surface area contributed by atoms with Crippen molar-refractivity contribution in [2.45, 2.75) is 32.6 Å². The van der Waals surface area contributed by atoms with Crippen molar-refractivity contribution >= 4 is 30.5 Å². The first-order chi connectivity index (χ1) is 18.5. The van der Waals surface area contributed by atoms with Crippen LogP contribution in [0.1, 0.15) is 40.7 Å². The number of pyridine rings is 2. The van der Waals surface area contributed by atoms with Crippen molar-refractivity contribution in [3.63, 3.8) is 0 Å². The summed E-state index contributed by atoms with van der Waals surface area (Å²) in [6.45, 7) is 5.24. The molecule has 0 saturated carbocycles. The van der Waals surface area contributed by atoms with Crippen LogP contribution < -0.4 is 4.98 Å². The van der Waals surface area contributed by atoms with E-state index >= 15 is 0 Å². The molecule has 0 bridgehead atoms. The standard InChI is InChI=1S/C27H30N4O2.F6P/c1-19-12-20(16-28-15-19)13-26(32)30-10-3-5-23(17-30)24-8-11-31(18-24)27(33)22-7-6-21-4-2-9-29-25(21)14-22;1-7(2,3,4,5)6/h2,4,6-7,9,12,14-16,23-24H,3,5,8,10-11,13,17-18H2,1H3;/q;-1/p+1. The number of aromatic amines is 1. The normalized spacial score (nSPS) is 21.3. The van der Waals surface area contributed by atoms with Gasteiger partial charge in [-0.1, -0.05) is 12.1 Å². The van der Waals surface area contributed by atoms with Gasteiger partial charge in [0.25, 0.3) is 5.91 Å². The average Bonchev–Trinajstić information content (AvgIpc) is 3.37. The first kappa shape index (κ1) is 29.7. The van der Waals surface area contributed by atoms with Gasteiger partial charge >= 0.3 is 33.0 Å². The minimum absolute atomic E-state index is 0.0875. The molecule has 218 valence electrons. The van der Waals surface area contributed by atoms with Gasteiger partial charge < -0.3 is 9.80 Å². The van der Waals surface area contributed by atoms with Crippen LogP contribution in [0, 0.1) is 18.8 Å². The number of H-pyrrole nitrogens is 1. The molecular weight excluding hydrogens is 557 g/mol. The van der Waals surface area contributed by atoms with Crippen LogP contribution in [0.5, 0.6) is 0 Å². The van der Waals surface area contributed by atoms with E-state index in [2.05, 4.69) is 16.0 Å². The summed E-state index contributed by atoms with van der Waals surface area (Å²) in [5.74, 6) is 1.20. The van der Waals surface area contributed by atoms with E-state index in [4.69, 9.17) is 0 Å². The molecule has 2 unspecified atom stereocenters. The van der Waals surface area contributed by atoms with Gasteiger partial charge in [-0.05, 0) is 62.3 Å². The number of aryl methyl sites for hydroxylation is 1. The van der Waals surface area contributed by atoms with Crippen LogP contribution in [-0.4, -0.2) is 52.8 Å². The molecule has 2 atom stereocenters. The van der Waals surface area contributed by atoms with Gasteiger partial charge in [-0.25, -0.2) is 4.98 Å². The first-order valence-corrected chi connectivity index (χ1v) is 15.0. The van der Waals surface area contributed by atoms with E-state index in [-0.39, 0.29) is 11.8 Å². The summed E-state index contributed by atoms with van der Waals surface area (Å²) in [5, 5.41) is 1.05. The first-order valence-electron chi connectivity index (χ1n) is 13.0. The van der Waals surface area contributed by atoms with Gasteiger partial charge in [0.15, 0.2) is 12.4 Å². The van der Waals surface area contributed by atoms with Crippen LogP contribution in [0.15, 0.2) is 55.0 Å². The molecule has 2 fully saturated rings. The molecule has 5 rings (SSSR count). The van der Waals surface area contributed by atoms with Crippen molar-refractivity contribution < 1.29 is 39.8 Å². The number of rotatable bonds is 4. The molecule has 40 heavy (non-hydrogen) atoms. The number of carbonyl (C=O) groups excluding carboxylic acids is 2. The second kappa shape index (κ2) is 10.6. The Kier molecular flexibility index (Phi) is 7.88. The Hall–Kier alpha value is -3.27. The van der Waals surface area contributed by atoms with E-state index in [0.29, 0.717) is 23.8 Å². The van der Waals surface area contributed by atoms with Crippen molar-refractivity contribution in [1.82, 2.24) is 14.8 Å². The summed E-state index contributed by atoms with van der Waals surface area (Å²) in [5.41, 5.74) is 3.73. The number of fused-ring (bicyclic) bond motifs is 1. The number of halogens is 6. The van der Waals surface area contributed by atoms with Gasteiger partial charge in [-0.3, -0.25) is 14.6 Å². The number of piperidine rings is 1. The fraction of sp³-hybridized carbons (Fsp3) is 0.407. The maximum absolute atomic E-state index is 13.2. The second-order valence-electron chi connectivity index (χ2n) is 10.5. The number of aromatic nitrogens is 2. The molecule has 0 spiro atoms. The summed E-state index contributed by atoms with van der Waals surface area (Å²) < 4.78 is 59.2. The van der Waals surface area contributed by atoms with Crippen LogP contribution >= 0.6 is 7.81 Å². The molecular formula is C27H31F6N4O2P. The number of hydrogen-bond donors (Lipinski definition) is 0. The zero-order valence-electron chi connectivity index (χ0n) is 21.9. The number of nitrogens with zero attached hydrogens (tertiary/aromatic N) is 3. The predicted molar refractivity (Wildman–Crippen MR) is 140 cm³/mol. The Labute approximate surface area is 227 Å². The fourth-order valence-electron chi connectivity index (χ4n) is 5.40. The third-order valence-electron chi connectivity index (χ3n) is 7.19. The van der Waals surface area contributed by atoms with Gasteiger partial charge in [-0.15, -0.1) is 0 Å². The number of hydrogen-bond acceptors (Lipinski definition) is 3. The Balaban J connectivity index is 0.000000470. The summed E-state index contributed by atoms with van der Waals surface area (Å²) in [4.78, 5) is 37.6. The number of amides is 2. The molecule has 2 aliphatic rings. The molecule has 0 aliphatic carbocycles. The van der Waals surface area contributed by atoms with Crippen LogP contribution in [-0.2, 0) is 11.2 Å². The van der Waals surface area contributed by atoms with E-state index in [1.807, 2.05) is 59.4 Å². The predicted octanol–water partition coefficient (Wildman–Crippen LogP) is 6.68. The van der Waals surface area contributed by atoms with Crippen molar-refractivity contribution in [3.05, 3.63) is 71.7 Å². The van der Waals surface area contributed by atoms with Crippen LogP contribution in [0.3, 0.4) is 0 Å². The van der Waals surface area contributed by atoms with Crippen LogP contribution in [0.2, 0.25) is 0 Å². The van der Waals surface area contributed by atoms with Crippen molar-refractivity contribution in [2.75, 3.05) is 26.2 Å². The zero-order valence-corrected chi connectivity index (χ0v) is 22.8. The number of benzene rings is 1. The Morgan fingerprint density at radius 2 is 1.65 bits per heavy atom. The molecule has 2 aliphatic heterocycles. The van der Waals surface area contributed by atoms with Crippen molar-refractivity contribution in [3.8, 4) is 0 Å². The molecule has 2 amide bonds. The minimum atomic E-state index is -10.7.